The van der Waals surface area contributed by atoms with E-state index in [-0.39, 0.29) is 30.0 Å². The van der Waals surface area contributed by atoms with Crippen molar-refractivity contribution in [3.05, 3.63) is 87.5 Å². The van der Waals surface area contributed by atoms with E-state index < -0.39 is 43.2 Å². The molecule has 0 radical (unpaired) electrons. The van der Waals surface area contributed by atoms with Crippen molar-refractivity contribution < 1.29 is 33.5 Å². The third-order valence-corrected chi connectivity index (χ3v) is 13.4. The number of alkyl carbamates (subject to hydrolysis) is 1. The number of aliphatic hydroxyl groups excluding tert-OH is 1. The van der Waals surface area contributed by atoms with Gasteiger partial charge in [-0.2, -0.15) is 0 Å². The Hall–Kier alpha value is -4.00. The molecule has 0 saturated carbocycles. The summed E-state index contributed by atoms with van der Waals surface area (Å²) in [6.07, 6.45) is -1.92. The number of benzene rings is 3. The number of amides is 2. The molecule has 3 aromatic carbocycles. The number of hydrogen-bond acceptors (Lipinski definition) is 8. The van der Waals surface area contributed by atoms with Crippen LogP contribution in [0.1, 0.15) is 70.8 Å². The molecule has 1 fully saturated rings. The van der Waals surface area contributed by atoms with Crippen LogP contribution in [0.2, 0.25) is 18.1 Å². The number of nitrogens with zero attached hydrogens (tertiary/aromatic N) is 2. The molecule has 11 nitrogen and oxygen atoms in total. The van der Waals surface area contributed by atoms with E-state index >= 15 is 0 Å². The standard InChI is InChI=1S/C35H47N3O8Si/c1-34(2,3)45-33(41)37-21-26(46-47(7,8)35(4,5)6)19-30(37)31(39)29-18-15-24(27-11-9-10-12-28(27)29)20-36-32(40)44-22-23-13-16-25(17-14-23)38(42)43/h9-18,26,30-31,39H,19-22H2,1-8H3,(H,36,40)/t26-,30+,31?/m1/s1. The normalized spacial score (nSPS) is 17.8. The third kappa shape index (κ3) is 8.88. The summed E-state index contributed by atoms with van der Waals surface area (Å²) >= 11 is 0. The van der Waals surface area contributed by atoms with Crippen LogP contribution in [0.25, 0.3) is 10.8 Å². The van der Waals surface area contributed by atoms with Crippen molar-refractivity contribution in [1.82, 2.24) is 10.2 Å². The average Bonchev–Trinajstić information content (AvgIpc) is 3.40. The Morgan fingerprint density at radius 2 is 1.66 bits per heavy atom. The van der Waals surface area contributed by atoms with E-state index in [1.165, 1.54) is 12.1 Å². The molecule has 1 aliphatic heterocycles. The number of likely N-dealkylation sites (tertiary alicyclic amines) is 1. The third-order valence-electron chi connectivity index (χ3n) is 8.87. The molecule has 3 aromatic rings. The van der Waals surface area contributed by atoms with Gasteiger partial charge in [0.15, 0.2) is 8.32 Å². The van der Waals surface area contributed by atoms with Gasteiger partial charge in [-0.15, -0.1) is 0 Å². The van der Waals surface area contributed by atoms with Crippen LogP contribution in [-0.4, -0.2) is 59.7 Å². The van der Waals surface area contributed by atoms with Crippen molar-refractivity contribution in [2.24, 2.45) is 0 Å². The average molecular weight is 666 g/mol. The highest BCUT2D eigenvalue weighted by atomic mass is 28.4. The van der Waals surface area contributed by atoms with Crippen molar-refractivity contribution in [2.75, 3.05) is 6.54 Å². The van der Waals surface area contributed by atoms with Crippen LogP contribution >= 0.6 is 0 Å². The molecule has 0 aliphatic carbocycles. The first-order valence-electron chi connectivity index (χ1n) is 15.9. The first-order valence-corrected chi connectivity index (χ1v) is 18.8. The van der Waals surface area contributed by atoms with E-state index in [0.717, 1.165) is 16.3 Å². The first-order chi connectivity index (χ1) is 21.9. The molecule has 47 heavy (non-hydrogen) atoms. The Kier molecular flexibility index (Phi) is 10.7. The minimum atomic E-state index is -2.16. The Morgan fingerprint density at radius 3 is 2.26 bits per heavy atom. The molecule has 4 rings (SSSR count). The minimum absolute atomic E-state index is 0.0162. The van der Waals surface area contributed by atoms with Crippen molar-refractivity contribution >= 4 is 37.0 Å². The van der Waals surface area contributed by atoms with Gasteiger partial charge < -0.3 is 24.3 Å². The molecule has 12 heteroatoms. The maximum Gasteiger partial charge on any atom is 0.410 e. The number of fused-ring (bicyclic) bond motifs is 1. The molecule has 1 unspecified atom stereocenters. The summed E-state index contributed by atoms with van der Waals surface area (Å²) in [5, 5.41) is 27.2. The van der Waals surface area contributed by atoms with Crippen molar-refractivity contribution in [1.29, 1.82) is 0 Å². The Bertz CT molecular complexity index is 1600. The lowest BCUT2D eigenvalue weighted by Gasteiger charge is -2.38. The molecule has 1 aliphatic rings. The van der Waals surface area contributed by atoms with Gasteiger partial charge in [-0.25, -0.2) is 9.59 Å². The predicted molar refractivity (Wildman–Crippen MR) is 182 cm³/mol. The lowest BCUT2D eigenvalue weighted by Crippen LogP contribution is -2.45. The second-order valence-electron chi connectivity index (χ2n) is 14.6. The van der Waals surface area contributed by atoms with Crippen molar-refractivity contribution in [2.45, 2.75) is 103 Å². The van der Waals surface area contributed by atoms with Crippen LogP contribution in [0.15, 0.2) is 60.7 Å². The number of nitrogens with one attached hydrogen (secondary N) is 1. The molecule has 2 amide bonds. The topological polar surface area (TPSA) is 140 Å². The van der Waals surface area contributed by atoms with E-state index in [1.54, 1.807) is 17.0 Å². The summed E-state index contributed by atoms with van der Waals surface area (Å²) < 4.78 is 17.8. The van der Waals surface area contributed by atoms with Crippen LogP contribution < -0.4 is 5.32 Å². The summed E-state index contributed by atoms with van der Waals surface area (Å²) in [6, 6.07) is 16.5. The maximum absolute atomic E-state index is 13.4. The molecule has 1 saturated heterocycles. The van der Waals surface area contributed by atoms with Gasteiger partial charge in [-0.05, 0) is 84.9 Å². The monoisotopic (exact) mass is 665 g/mol. The number of aliphatic hydroxyl groups is 1. The van der Waals surface area contributed by atoms with E-state index in [4.69, 9.17) is 13.9 Å². The van der Waals surface area contributed by atoms with Gasteiger partial charge in [0.1, 0.15) is 18.3 Å². The van der Waals surface area contributed by atoms with Crippen molar-refractivity contribution in [3.8, 4) is 0 Å². The smallest absolute Gasteiger partial charge is 0.410 e. The Morgan fingerprint density at radius 1 is 1.02 bits per heavy atom. The highest BCUT2D eigenvalue weighted by Gasteiger charge is 2.46. The molecular weight excluding hydrogens is 618 g/mol. The summed E-state index contributed by atoms with van der Waals surface area (Å²) in [5.41, 5.74) is 1.37. The summed E-state index contributed by atoms with van der Waals surface area (Å²) in [7, 11) is -2.16. The summed E-state index contributed by atoms with van der Waals surface area (Å²) in [5.74, 6) is 0. The Balaban J connectivity index is 1.52. The van der Waals surface area contributed by atoms with Crippen LogP contribution in [0.4, 0.5) is 15.3 Å². The van der Waals surface area contributed by atoms with Crippen LogP contribution in [0.5, 0.6) is 0 Å². The number of rotatable bonds is 9. The van der Waals surface area contributed by atoms with Crippen LogP contribution in [0, 0.1) is 10.1 Å². The van der Waals surface area contributed by atoms with Gasteiger partial charge in [-0.1, -0.05) is 57.2 Å². The Labute approximate surface area is 277 Å². The molecule has 0 spiro atoms. The number of carbonyl (C=O) groups excluding carboxylic acids is 2. The maximum atomic E-state index is 13.4. The van der Waals surface area contributed by atoms with Gasteiger partial charge in [0.05, 0.1) is 17.1 Å². The fourth-order valence-electron chi connectivity index (χ4n) is 5.42. The highest BCUT2D eigenvalue weighted by Crippen LogP contribution is 2.41. The van der Waals surface area contributed by atoms with Crippen LogP contribution in [-0.2, 0) is 27.1 Å². The fraction of sp³-hybridized carbons (Fsp3) is 0.486. The number of non-ortho nitro benzene ring substituents is 1. The van der Waals surface area contributed by atoms with E-state index in [9.17, 15) is 24.8 Å². The second kappa shape index (κ2) is 14.0. The van der Waals surface area contributed by atoms with Gasteiger partial charge >= 0.3 is 12.2 Å². The molecule has 2 N–H and O–H groups in total. The fourth-order valence-corrected chi connectivity index (χ4v) is 6.78. The highest BCUT2D eigenvalue weighted by molar-refractivity contribution is 6.74. The number of carbonyl (C=O) groups is 2. The molecule has 254 valence electrons. The molecular formula is C35H47N3O8Si. The van der Waals surface area contributed by atoms with Crippen molar-refractivity contribution in [3.63, 3.8) is 0 Å². The predicted octanol–water partition coefficient (Wildman–Crippen LogP) is 7.61. The van der Waals surface area contributed by atoms with Gasteiger partial charge in [-0.3, -0.25) is 15.0 Å². The summed E-state index contributed by atoms with van der Waals surface area (Å²) in [6.45, 7) is 16.8. The molecule has 0 aromatic heterocycles. The quantitative estimate of drug-likeness (QED) is 0.135. The van der Waals surface area contributed by atoms with Crippen LogP contribution in [0.3, 0.4) is 0 Å². The minimum Gasteiger partial charge on any atom is -0.445 e. The van der Waals surface area contributed by atoms with Gasteiger partial charge in [0.25, 0.3) is 5.69 Å². The lowest BCUT2D eigenvalue weighted by atomic mass is 9.92. The lowest BCUT2D eigenvalue weighted by molar-refractivity contribution is -0.384. The summed E-state index contributed by atoms with van der Waals surface area (Å²) in [4.78, 5) is 37.9. The number of nitro benzene ring substituents is 1. The SMILES string of the molecule is CC(C)(C)OC(=O)N1C[C@H](O[Si](C)(C)C(C)(C)C)C[C@H]1C(O)c1ccc(CNC(=O)OCc2ccc([N+](=O)[O-])cc2)c2ccccc12. The zero-order valence-corrected chi connectivity index (χ0v) is 29.5. The molecule has 1 heterocycles. The zero-order valence-electron chi connectivity index (χ0n) is 28.5. The largest absolute Gasteiger partial charge is 0.445 e. The number of hydrogen-bond donors (Lipinski definition) is 2. The number of nitro groups is 1. The van der Waals surface area contributed by atoms with E-state index in [1.807, 2.05) is 57.2 Å². The van der Waals surface area contributed by atoms with Gasteiger partial charge in [0.2, 0.25) is 0 Å². The molecule has 0 bridgehead atoms. The molecule has 3 atom stereocenters. The van der Waals surface area contributed by atoms with E-state index in [0.29, 0.717) is 24.1 Å². The number of ether oxygens (including phenoxy) is 2. The second-order valence-corrected chi connectivity index (χ2v) is 19.3. The van der Waals surface area contributed by atoms with Gasteiger partial charge in [0, 0.05) is 25.2 Å². The zero-order chi connectivity index (χ0) is 34.7. The first kappa shape index (κ1) is 35.8. The van der Waals surface area contributed by atoms with E-state index in [2.05, 4.69) is 39.2 Å².